The maximum absolute atomic E-state index is 10.9. The smallest absolute Gasteiger partial charge is 0.240 e. The predicted octanol–water partition coefficient (Wildman–Crippen LogP) is 1.66. The van der Waals surface area contributed by atoms with Crippen molar-refractivity contribution in [1.29, 1.82) is 0 Å². The number of hydrogen-bond acceptors (Lipinski definition) is 3. The van der Waals surface area contributed by atoms with Crippen LogP contribution in [0, 0.1) is 0 Å². The third kappa shape index (κ3) is 2.82. The Kier molecular flexibility index (Phi) is 3.63. The summed E-state index contributed by atoms with van der Waals surface area (Å²) in [6.45, 7) is 10.7. The average molecular weight is 188 g/mol. The number of rotatable bonds is 3. The van der Waals surface area contributed by atoms with Crippen molar-refractivity contribution in [3.63, 3.8) is 0 Å². The molecule has 0 saturated heterocycles. The molecule has 0 fully saturated rings. The Morgan fingerprint density at radius 3 is 2.31 bits per heavy atom. The summed E-state index contributed by atoms with van der Waals surface area (Å²) in [7, 11) is 0. The molecule has 0 aromatic rings. The first-order chi connectivity index (χ1) is 5.77. The van der Waals surface area contributed by atoms with Crippen molar-refractivity contribution >= 4 is 5.97 Å². The summed E-state index contributed by atoms with van der Waals surface area (Å²) in [6.07, 6.45) is 1.03. The molecule has 1 unspecified atom stereocenters. The molecule has 0 aliphatic rings. The zero-order valence-electron chi connectivity index (χ0n) is 8.70. The van der Waals surface area contributed by atoms with E-state index in [1.807, 2.05) is 0 Å². The van der Waals surface area contributed by atoms with Crippen molar-refractivity contribution in [2.45, 2.75) is 33.2 Å². The molecule has 0 rings (SSSR count). The summed E-state index contributed by atoms with van der Waals surface area (Å²) in [5, 5.41) is 9.90. The minimum absolute atomic E-state index is 0.295. The summed E-state index contributed by atoms with van der Waals surface area (Å²) >= 11 is 0. The zero-order chi connectivity index (χ0) is 10.7. The van der Waals surface area contributed by atoms with E-state index in [0.29, 0.717) is 6.54 Å². The minimum atomic E-state index is -0.738. The number of quaternary nitrogens is 1. The van der Waals surface area contributed by atoms with Crippen LogP contribution in [-0.2, 0) is 9.63 Å². The van der Waals surface area contributed by atoms with Gasteiger partial charge in [0.15, 0.2) is 5.54 Å². The topological polar surface area (TPSA) is 46.5 Å². The molecule has 0 aliphatic heterocycles. The van der Waals surface area contributed by atoms with Crippen molar-refractivity contribution in [2.24, 2.45) is 0 Å². The Labute approximate surface area is 78.9 Å². The molecule has 0 saturated carbocycles. The fraction of sp³-hybridized carbons (Fsp3) is 0.667. The SMILES string of the molecule is C=CC(=O)O[N+](O)(CC)C(C)(C)C. The van der Waals surface area contributed by atoms with Gasteiger partial charge in [-0.3, -0.25) is 0 Å². The lowest BCUT2D eigenvalue weighted by atomic mass is 10.1. The van der Waals surface area contributed by atoms with Crippen LogP contribution in [0.3, 0.4) is 0 Å². The van der Waals surface area contributed by atoms with Crippen LogP contribution < -0.4 is 0 Å². The maximum Gasteiger partial charge on any atom is 0.394 e. The van der Waals surface area contributed by atoms with Gasteiger partial charge in [0.1, 0.15) is 6.54 Å². The Hall–Kier alpha value is -0.870. The molecule has 4 nitrogen and oxygen atoms in total. The Balaban J connectivity index is 4.65. The van der Waals surface area contributed by atoms with E-state index in [9.17, 15) is 10.0 Å². The highest BCUT2D eigenvalue weighted by Gasteiger charge is 2.43. The van der Waals surface area contributed by atoms with Gasteiger partial charge in [-0.25, -0.2) is 9.63 Å². The summed E-state index contributed by atoms with van der Waals surface area (Å²) in [5.74, 6) is -0.626. The van der Waals surface area contributed by atoms with Gasteiger partial charge in [0.05, 0.1) is 0 Å². The van der Waals surface area contributed by atoms with Gasteiger partial charge >= 0.3 is 5.97 Å². The molecule has 0 aromatic heterocycles. The number of carbonyl (C=O) groups excluding carboxylic acids is 1. The fourth-order valence-electron chi connectivity index (χ4n) is 0.862. The molecule has 1 N–H and O–H groups in total. The Morgan fingerprint density at radius 2 is 2.08 bits per heavy atom. The third-order valence-electron chi connectivity index (χ3n) is 1.88. The molecular weight excluding hydrogens is 170 g/mol. The van der Waals surface area contributed by atoms with E-state index in [1.54, 1.807) is 27.7 Å². The van der Waals surface area contributed by atoms with Gasteiger partial charge in [0.25, 0.3) is 0 Å². The summed E-state index contributed by atoms with van der Waals surface area (Å²) < 4.78 is 0. The molecule has 4 heteroatoms. The van der Waals surface area contributed by atoms with Crippen LogP contribution in [0.25, 0.3) is 0 Å². The second kappa shape index (κ2) is 3.89. The fourth-order valence-corrected chi connectivity index (χ4v) is 0.862. The van der Waals surface area contributed by atoms with Crippen LogP contribution in [0.2, 0.25) is 0 Å². The van der Waals surface area contributed by atoms with E-state index < -0.39 is 16.3 Å². The molecular formula is C9H18NO3+. The van der Waals surface area contributed by atoms with Gasteiger partial charge in [0.2, 0.25) is 0 Å². The third-order valence-corrected chi connectivity index (χ3v) is 1.88. The highest BCUT2D eigenvalue weighted by molar-refractivity contribution is 5.80. The van der Waals surface area contributed by atoms with Crippen LogP contribution in [0.1, 0.15) is 27.7 Å². The van der Waals surface area contributed by atoms with Gasteiger partial charge in [-0.2, -0.15) is 5.21 Å². The standard InChI is InChI=1S/C9H18NO3/c1-6-8(11)13-10(12,7-2)9(3,4)5/h6,12H,1,7H2,2-5H3/q+1. The van der Waals surface area contributed by atoms with Gasteiger partial charge < -0.3 is 0 Å². The zero-order valence-corrected chi connectivity index (χ0v) is 8.70. The van der Waals surface area contributed by atoms with Crippen molar-refractivity contribution in [3.05, 3.63) is 12.7 Å². The van der Waals surface area contributed by atoms with Crippen LogP contribution in [0.15, 0.2) is 12.7 Å². The summed E-state index contributed by atoms with van der Waals surface area (Å²) in [6, 6.07) is 0. The largest absolute Gasteiger partial charge is 0.394 e. The molecule has 76 valence electrons. The van der Waals surface area contributed by atoms with E-state index in [-0.39, 0.29) is 0 Å². The molecule has 0 aromatic carbocycles. The van der Waals surface area contributed by atoms with E-state index in [1.165, 1.54) is 0 Å². The molecule has 0 heterocycles. The van der Waals surface area contributed by atoms with Gasteiger partial charge in [-0.05, 0) is 27.7 Å². The molecule has 13 heavy (non-hydrogen) atoms. The van der Waals surface area contributed by atoms with Crippen LogP contribution >= 0.6 is 0 Å². The maximum atomic E-state index is 10.9. The molecule has 0 amide bonds. The van der Waals surface area contributed by atoms with Gasteiger partial charge in [-0.15, -0.1) is 0 Å². The minimum Gasteiger partial charge on any atom is -0.240 e. The summed E-state index contributed by atoms with van der Waals surface area (Å²) in [4.78, 5) is 15.0. The van der Waals surface area contributed by atoms with E-state index in [4.69, 9.17) is 4.84 Å². The van der Waals surface area contributed by atoms with Crippen molar-refractivity contribution in [3.8, 4) is 0 Å². The molecule has 0 bridgehead atoms. The lowest BCUT2D eigenvalue weighted by Gasteiger charge is -2.35. The first-order valence-electron chi connectivity index (χ1n) is 4.23. The molecule has 0 radical (unpaired) electrons. The van der Waals surface area contributed by atoms with Gasteiger partial charge in [0, 0.05) is 10.9 Å². The van der Waals surface area contributed by atoms with E-state index >= 15 is 0 Å². The average Bonchev–Trinajstić information content (AvgIpc) is 2.02. The highest BCUT2D eigenvalue weighted by Crippen LogP contribution is 2.21. The monoisotopic (exact) mass is 188 g/mol. The number of hydrogen-bond donors (Lipinski definition) is 1. The van der Waals surface area contributed by atoms with Crippen LogP contribution in [0.5, 0.6) is 0 Å². The number of nitrogens with zero attached hydrogens (tertiary/aromatic N) is 1. The lowest BCUT2D eigenvalue weighted by molar-refractivity contribution is -1.26. The molecule has 0 spiro atoms. The summed E-state index contributed by atoms with van der Waals surface area (Å²) in [5.41, 5.74) is -0.562. The molecule has 1 atom stereocenters. The first-order valence-corrected chi connectivity index (χ1v) is 4.23. The van der Waals surface area contributed by atoms with E-state index in [2.05, 4.69) is 6.58 Å². The second-order valence-electron chi connectivity index (χ2n) is 3.80. The number of hydroxylamine groups is 4. The lowest BCUT2D eigenvalue weighted by Crippen LogP contribution is -2.58. The quantitative estimate of drug-likeness (QED) is 0.416. The second-order valence-corrected chi connectivity index (χ2v) is 3.80. The van der Waals surface area contributed by atoms with Crippen molar-refractivity contribution in [1.82, 2.24) is 0 Å². The normalized spacial score (nSPS) is 16.1. The van der Waals surface area contributed by atoms with Crippen molar-refractivity contribution in [2.75, 3.05) is 6.54 Å². The highest BCUT2D eigenvalue weighted by atomic mass is 16.9. The number of carbonyl (C=O) groups is 1. The van der Waals surface area contributed by atoms with E-state index in [0.717, 1.165) is 6.08 Å². The molecule has 0 aliphatic carbocycles. The predicted molar refractivity (Wildman–Crippen MR) is 48.6 cm³/mol. The Bertz CT molecular complexity index is 207. The van der Waals surface area contributed by atoms with Crippen LogP contribution in [0.4, 0.5) is 0 Å². The Morgan fingerprint density at radius 1 is 1.62 bits per heavy atom. The van der Waals surface area contributed by atoms with Gasteiger partial charge in [-0.1, -0.05) is 6.58 Å². The van der Waals surface area contributed by atoms with Crippen LogP contribution in [-0.4, -0.2) is 28.1 Å². The van der Waals surface area contributed by atoms with Crippen molar-refractivity contribution < 1.29 is 19.6 Å². The first kappa shape index (κ1) is 12.1.